The van der Waals surface area contributed by atoms with E-state index in [4.69, 9.17) is 0 Å². The topological polar surface area (TPSA) is 45.5 Å². The van der Waals surface area contributed by atoms with Crippen LogP contribution in [0.1, 0.15) is 0 Å². The van der Waals surface area contributed by atoms with E-state index in [1.54, 1.807) is 11.0 Å². The van der Waals surface area contributed by atoms with Crippen LogP contribution in [-0.2, 0) is 6.54 Å². The van der Waals surface area contributed by atoms with Gasteiger partial charge in [-0.1, -0.05) is 21.1 Å². The molecule has 0 saturated heterocycles. The Morgan fingerprint density at radius 1 is 1.75 bits per heavy atom. The monoisotopic (exact) mass is 177 g/mol. The molecule has 0 spiro atoms. The molecular weight excluding hydrogens is 172 g/mol. The first-order valence-corrected chi connectivity index (χ1v) is 3.37. The predicted octanol–water partition coefficient (Wildman–Crippen LogP) is -0.513. The van der Waals surface area contributed by atoms with Gasteiger partial charge < -0.3 is 0 Å². The van der Waals surface area contributed by atoms with Crippen LogP contribution >= 0.6 is 15.9 Å². The summed E-state index contributed by atoms with van der Waals surface area (Å²) in [5.41, 5.74) is 0. The van der Waals surface area contributed by atoms with E-state index in [0.717, 1.165) is 11.9 Å². The Bertz CT molecular complexity index is 137. The highest BCUT2D eigenvalue weighted by Gasteiger charge is 1.93. The maximum absolute atomic E-state index is 3.58. The first-order valence-electron chi connectivity index (χ1n) is 2.25. The molecule has 5 heteroatoms. The van der Waals surface area contributed by atoms with Gasteiger partial charge in [0.1, 0.15) is 11.6 Å². The zero-order valence-corrected chi connectivity index (χ0v) is 5.80. The number of alkyl halides is 1. The molecule has 0 aliphatic rings. The fraction of sp³-hybridized carbons (Fsp3) is 0.667. The van der Waals surface area contributed by atoms with Gasteiger partial charge in [-0.2, -0.15) is 4.68 Å². The quantitative estimate of drug-likeness (QED) is 0.489. The minimum atomic E-state index is 0.882. The van der Waals surface area contributed by atoms with E-state index in [2.05, 4.69) is 31.5 Å². The third-order valence-corrected chi connectivity index (χ3v) is 1.10. The summed E-state index contributed by atoms with van der Waals surface area (Å²) in [6.07, 6.45) is 1.64. The summed E-state index contributed by atoms with van der Waals surface area (Å²) in [4.78, 5) is 0. The van der Waals surface area contributed by atoms with E-state index in [1.807, 2.05) is 0 Å². The van der Waals surface area contributed by atoms with Crippen LogP contribution in [0.15, 0.2) is 6.33 Å². The smallest absolute Gasteiger partial charge is 0.164 e. The predicted molar refractivity (Wildman–Crippen MR) is 30.4 cm³/mol. The number of nitrogens with zero attached hydrogens (tertiary/aromatic N) is 3. The number of nitrogens with one attached hydrogen (secondary N) is 1. The number of aryl methyl sites for hydroxylation is 1. The summed E-state index contributed by atoms with van der Waals surface area (Å²) in [5, 5.41) is 10.7. The third-order valence-electron chi connectivity index (χ3n) is 0.747. The lowest BCUT2D eigenvalue weighted by atomic mass is 10.8. The summed E-state index contributed by atoms with van der Waals surface area (Å²) < 4.78 is 1.79. The van der Waals surface area contributed by atoms with Gasteiger partial charge in [0.2, 0.25) is 0 Å². The molecule has 0 bridgehead atoms. The maximum atomic E-state index is 3.58. The summed E-state index contributed by atoms with van der Waals surface area (Å²) in [6.45, 7) is 0.882. The zero-order chi connectivity index (χ0) is 5.82. The first-order chi connectivity index (χ1) is 3.93. The molecule has 0 aliphatic carbocycles. The summed E-state index contributed by atoms with van der Waals surface area (Å²) >= 11 is 3.27. The highest BCUT2D eigenvalue weighted by molar-refractivity contribution is 9.09. The Balaban J connectivity index is 2.50. The third kappa shape index (κ3) is 1.26. The lowest BCUT2D eigenvalue weighted by molar-refractivity contribution is -0.750. The standard InChI is InChI=1S/C3H5BrN4/c4-1-2-8-3-5-6-7-8/h3H,1-2H2/p+1. The summed E-state index contributed by atoms with van der Waals surface area (Å²) in [5.74, 6) is 0. The molecule has 0 aliphatic heterocycles. The van der Waals surface area contributed by atoms with E-state index in [-0.39, 0.29) is 0 Å². The SMILES string of the molecule is BrCC[n+]1cnn[nH]1. The molecule has 0 atom stereocenters. The van der Waals surface area contributed by atoms with Crippen molar-refractivity contribution in [1.29, 1.82) is 0 Å². The second kappa shape index (κ2) is 2.76. The molecule has 0 radical (unpaired) electrons. The molecule has 1 heterocycles. The molecule has 0 fully saturated rings. The number of aromatic amines is 1. The Morgan fingerprint density at radius 2 is 2.62 bits per heavy atom. The number of tetrazole rings is 1. The Kier molecular flexibility index (Phi) is 1.96. The van der Waals surface area contributed by atoms with Crippen LogP contribution in [0.5, 0.6) is 0 Å². The van der Waals surface area contributed by atoms with Gasteiger partial charge in [-0.15, -0.1) is 0 Å². The van der Waals surface area contributed by atoms with Crippen LogP contribution in [-0.4, -0.2) is 20.9 Å². The number of aromatic nitrogens is 4. The fourth-order valence-corrected chi connectivity index (χ4v) is 0.778. The summed E-state index contributed by atoms with van der Waals surface area (Å²) in [7, 11) is 0. The highest BCUT2D eigenvalue weighted by Crippen LogP contribution is 1.74. The number of hydrogen-bond donors (Lipinski definition) is 1. The maximum Gasteiger partial charge on any atom is 0.288 e. The molecule has 1 rings (SSSR count). The van der Waals surface area contributed by atoms with Crippen LogP contribution in [0.3, 0.4) is 0 Å². The van der Waals surface area contributed by atoms with Crippen LogP contribution in [0.4, 0.5) is 0 Å². The van der Waals surface area contributed by atoms with Crippen LogP contribution in [0.25, 0.3) is 0 Å². The van der Waals surface area contributed by atoms with Crippen LogP contribution in [0.2, 0.25) is 0 Å². The molecule has 8 heavy (non-hydrogen) atoms. The molecule has 1 N–H and O–H groups in total. The van der Waals surface area contributed by atoms with Crippen molar-refractivity contribution in [2.45, 2.75) is 6.54 Å². The van der Waals surface area contributed by atoms with Crippen molar-refractivity contribution in [3.05, 3.63) is 6.33 Å². The molecule has 1 aromatic rings. The second-order valence-corrected chi connectivity index (χ2v) is 2.11. The Hall–Kier alpha value is -0.450. The van der Waals surface area contributed by atoms with Gasteiger partial charge in [-0.25, -0.2) is 0 Å². The Morgan fingerprint density at radius 3 is 3.12 bits per heavy atom. The van der Waals surface area contributed by atoms with E-state index in [9.17, 15) is 0 Å². The van der Waals surface area contributed by atoms with Gasteiger partial charge in [0, 0.05) is 5.33 Å². The average molecular weight is 178 g/mol. The van der Waals surface area contributed by atoms with Crippen molar-refractivity contribution in [2.75, 3.05) is 5.33 Å². The lowest BCUT2D eigenvalue weighted by Crippen LogP contribution is -2.35. The van der Waals surface area contributed by atoms with Crippen molar-refractivity contribution in [1.82, 2.24) is 15.5 Å². The average Bonchev–Trinajstić information content (AvgIpc) is 2.19. The first kappa shape index (κ1) is 5.68. The van der Waals surface area contributed by atoms with Gasteiger partial charge in [-0.3, -0.25) is 0 Å². The molecule has 4 nitrogen and oxygen atoms in total. The van der Waals surface area contributed by atoms with Crippen LogP contribution in [0, 0.1) is 0 Å². The van der Waals surface area contributed by atoms with E-state index < -0.39 is 0 Å². The van der Waals surface area contributed by atoms with Gasteiger partial charge in [0.05, 0.1) is 0 Å². The number of H-pyrrole nitrogens is 1. The van der Waals surface area contributed by atoms with Gasteiger partial charge >= 0.3 is 0 Å². The van der Waals surface area contributed by atoms with E-state index >= 15 is 0 Å². The van der Waals surface area contributed by atoms with Gasteiger partial charge in [0.15, 0.2) is 5.21 Å². The van der Waals surface area contributed by atoms with E-state index in [1.165, 1.54) is 0 Å². The zero-order valence-electron chi connectivity index (χ0n) is 4.21. The van der Waals surface area contributed by atoms with Crippen molar-refractivity contribution >= 4 is 15.9 Å². The van der Waals surface area contributed by atoms with Crippen LogP contribution < -0.4 is 4.68 Å². The normalized spacial score (nSPS) is 9.62. The largest absolute Gasteiger partial charge is 0.288 e. The molecule has 0 unspecified atom stereocenters. The van der Waals surface area contributed by atoms with Gasteiger partial charge in [0.25, 0.3) is 6.33 Å². The molecule has 1 aromatic heterocycles. The van der Waals surface area contributed by atoms with E-state index in [0.29, 0.717) is 0 Å². The number of hydrogen-bond acceptors (Lipinski definition) is 2. The van der Waals surface area contributed by atoms with Crippen molar-refractivity contribution in [3.8, 4) is 0 Å². The molecule has 0 aromatic carbocycles. The minimum absolute atomic E-state index is 0.882. The summed E-state index contributed by atoms with van der Waals surface area (Å²) in [6, 6.07) is 0. The number of rotatable bonds is 2. The molecular formula is C3H6BrN4+. The number of halogens is 1. The van der Waals surface area contributed by atoms with Crippen molar-refractivity contribution < 1.29 is 4.68 Å². The van der Waals surface area contributed by atoms with Crippen molar-refractivity contribution in [3.63, 3.8) is 0 Å². The van der Waals surface area contributed by atoms with Gasteiger partial charge in [-0.05, 0) is 0 Å². The fourth-order valence-electron chi connectivity index (χ4n) is 0.396. The molecule has 0 amide bonds. The highest BCUT2D eigenvalue weighted by atomic mass is 79.9. The lowest BCUT2D eigenvalue weighted by Gasteiger charge is -1.83. The molecule has 44 valence electrons. The van der Waals surface area contributed by atoms with Crippen molar-refractivity contribution in [2.24, 2.45) is 0 Å². The minimum Gasteiger partial charge on any atom is -0.164 e. The molecule has 0 saturated carbocycles. The second-order valence-electron chi connectivity index (χ2n) is 1.31. The Labute approximate surface area is 55.0 Å².